The van der Waals surface area contributed by atoms with Crippen LogP contribution in [0, 0.1) is 0 Å². The molecule has 7 heteroatoms. The minimum Gasteiger partial charge on any atom is -0.468 e. The van der Waals surface area contributed by atoms with Gasteiger partial charge in [-0.15, -0.1) is 24.0 Å². The molecule has 0 amide bonds. The van der Waals surface area contributed by atoms with Crippen LogP contribution in [0.15, 0.2) is 27.8 Å². The lowest BCUT2D eigenvalue weighted by Gasteiger charge is -2.33. The zero-order valence-electron chi connectivity index (χ0n) is 15.0. The monoisotopic (exact) mass is 466 g/mol. The number of guanidine groups is 1. The number of likely N-dealkylation sites (tertiary alicyclic amines) is 1. The van der Waals surface area contributed by atoms with Crippen LogP contribution in [0.5, 0.6) is 0 Å². The van der Waals surface area contributed by atoms with Crippen LogP contribution < -0.4 is 10.6 Å². The van der Waals surface area contributed by atoms with Crippen LogP contribution in [0.25, 0.3) is 0 Å². The second kappa shape index (κ2) is 12.0. The number of aliphatic imine (C=N–C) groups is 1. The Bertz CT molecular complexity index is 463. The molecule has 2 heterocycles. The topological polar surface area (TPSA) is 52.8 Å². The van der Waals surface area contributed by atoms with Crippen molar-refractivity contribution >= 4 is 41.7 Å². The Morgan fingerprint density at radius 3 is 2.58 bits per heavy atom. The van der Waals surface area contributed by atoms with E-state index in [-0.39, 0.29) is 30.0 Å². The van der Waals surface area contributed by atoms with Crippen molar-refractivity contribution in [2.45, 2.75) is 37.5 Å². The third kappa shape index (κ3) is 6.84. The molecular weight excluding hydrogens is 435 g/mol. The molecule has 1 fully saturated rings. The molecule has 2 rings (SSSR count). The normalized spacial score (nSPS) is 18.5. The van der Waals surface area contributed by atoms with E-state index in [1.165, 1.54) is 19.3 Å². The van der Waals surface area contributed by atoms with Crippen molar-refractivity contribution in [2.24, 2.45) is 4.99 Å². The summed E-state index contributed by atoms with van der Waals surface area (Å²) < 4.78 is 5.69. The van der Waals surface area contributed by atoms with Gasteiger partial charge in [0.25, 0.3) is 0 Å². The molecule has 0 saturated carbocycles. The summed E-state index contributed by atoms with van der Waals surface area (Å²) >= 11 is 1.85. The molecule has 1 aliphatic heterocycles. The second-order valence-corrected chi connectivity index (χ2v) is 7.28. The highest BCUT2D eigenvalue weighted by molar-refractivity contribution is 14.0. The minimum absolute atomic E-state index is 0. The Balaban J connectivity index is 0.00000288. The van der Waals surface area contributed by atoms with E-state index in [4.69, 9.17) is 4.42 Å². The van der Waals surface area contributed by atoms with E-state index in [1.807, 2.05) is 24.9 Å². The van der Waals surface area contributed by atoms with E-state index in [0.717, 1.165) is 37.9 Å². The van der Waals surface area contributed by atoms with Crippen molar-refractivity contribution in [3.05, 3.63) is 24.2 Å². The molecule has 2 atom stereocenters. The first kappa shape index (κ1) is 21.6. The smallest absolute Gasteiger partial charge is 0.191 e. The van der Waals surface area contributed by atoms with Gasteiger partial charge in [-0.3, -0.25) is 9.89 Å². The summed E-state index contributed by atoms with van der Waals surface area (Å²) in [6, 6.07) is 4.31. The number of piperidine rings is 1. The highest BCUT2D eigenvalue weighted by Gasteiger charge is 2.24. The fourth-order valence-corrected chi connectivity index (χ4v) is 3.11. The third-order valence-electron chi connectivity index (χ3n) is 4.35. The van der Waals surface area contributed by atoms with Gasteiger partial charge in [0.2, 0.25) is 0 Å². The van der Waals surface area contributed by atoms with Gasteiger partial charge in [0.15, 0.2) is 5.96 Å². The van der Waals surface area contributed by atoms with Crippen molar-refractivity contribution < 1.29 is 4.42 Å². The van der Waals surface area contributed by atoms with Gasteiger partial charge < -0.3 is 15.1 Å². The van der Waals surface area contributed by atoms with E-state index in [9.17, 15) is 0 Å². The van der Waals surface area contributed by atoms with Gasteiger partial charge in [-0.05, 0) is 44.3 Å². The Morgan fingerprint density at radius 1 is 1.29 bits per heavy atom. The molecule has 24 heavy (non-hydrogen) atoms. The maximum Gasteiger partial charge on any atom is 0.191 e. The predicted octanol–water partition coefficient (Wildman–Crippen LogP) is 3.34. The molecule has 1 aliphatic rings. The van der Waals surface area contributed by atoms with Crippen molar-refractivity contribution in [1.82, 2.24) is 15.5 Å². The van der Waals surface area contributed by atoms with Crippen LogP contribution in [0.2, 0.25) is 0 Å². The van der Waals surface area contributed by atoms with E-state index < -0.39 is 0 Å². The van der Waals surface area contributed by atoms with Gasteiger partial charge in [0.1, 0.15) is 5.76 Å². The Hall–Kier alpha value is -0.410. The number of hydrogen-bond donors (Lipinski definition) is 2. The number of thioether (sulfide) groups is 1. The summed E-state index contributed by atoms with van der Waals surface area (Å²) in [5, 5.41) is 7.42. The lowest BCUT2D eigenvalue weighted by Crippen LogP contribution is -2.45. The van der Waals surface area contributed by atoms with E-state index >= 15 is 0 Å². The van der Waals surface area contributed by atoms with Crippen LogP contribution in [-0.2, 0) is 0 Å². The molecule has 0 aromatic carbocycles. The molecule has 1 saturated heterocycles. The minimum atomic E-state index is 0. The number of furan rings is 1. The largest absolute Gasteiger partial charge is 0.468 e. The molecule has 0 radical (unpaired) electrons. The molecule has 1 aromatic rings. The van der Waals surface area contributed by atoms with Crippen molar-refractivity contribution in [1.29, 1.82) is 0 Å². The first-order valence-electron chi connectivity index (χ1n) is 8.49. The third-order valence-corrected chi connectivity index (χ3v) is 5.32. The van der Waals surface area contributed by atoms with Crippen LogP contribution >= 0.6 is 35.7 Å². The Kier molecular flexibility index (Phi) is 10.8. The van der Waals surface area contributed by atoms with Crippen LogP contribution in [0.1, 0.15) is 38.0 Å². The highest BCUT2D eigenvalue weighted by atomic mass is 127. The van der Waals surface area contributed by atoms with Crippen LogP contribution in [-0.4, -0.2) is 55.6 Å². The van der Waals surface area contributed by atoms with E-state index in [1.54, 1.807) is 6.26 Å². The summed E-state index contributed by atoms with van der Waals surface area (Å²) in [5.41, 5.74) is 0. The van der Waals surface area contributed by atoms with E-state index in [0.29, 0.717) is 5.25 Å². The summed E-state index contributed by atoms with van der Waals surface area (Å²) in [6.07, 6.45) is 7.78. The number of nitrogens with one attached hydrogen (secondary N) is 2. The molecule has 2 unspecified atom stereocenters. The van der Waals surface area contributed by atoms with Gasteiger partial charge in [0.05, 0.1) is 12.3 Å². The molecule has 0 bridgehead atoms. The maximum atomic E-state index is 5.69. The molecule has 0 spiro atoms. The number of hydrogen-bond acceptors (Lipinski definition) is 4. The maximum absolute atomic E-state index is 5.69. The quantitative estimate of drug-likeness (QED) is 0.367. The Labute approximate surface area is 167 Å². The lowest BCUT2D eigenvalue weighted by molar-refractivity contribution is 0.146. The van der Waals surface area contributed by atoms with Gasteiger partial charge in [0, 0.05) is 25.4 Å². The molecule has 138 valence electrons. The van der Waals surface area contributed by atoms with Gasteiger partial charge in [-0.25, -0.2) is 0 Å². The zero-order valence-corrected chi connectivity index (χ0v) is 18.1. The van der Waals surface area contributed by atoms with Crippen LogP contribution in [0.3, 0.4) is 0 Å². The second-order valence-electron chi connectivity index (χ2n) is 6.01. The van der Waals surface area contributed by atoms with E-state index in [2.05, 4.69) is 39.8 Å². The molecule has 5 nitrogen and oxygen atoms in total. The fraction of sp³-hybridized carbons (Fsp3) is 0.706. The van der Waals surface area contributed by atoms with Crippen molar-refractivity contribution in [3.63, 3.8) is 0 Å². The van der Waals surface area contributed by atoms with Crippen LogP contribution in [0.4, 0.5) is 0 Å². The summed E-state index contributed by atoms with van der Waals surface area (Å²) in [7, 11) is 1.82. The lowest BCUT2D eigenvalue weighted by atomic mass is 10.1. The fourth-order valence-electron chi connectivity index (χ4n) is 2.86. The highest BCUT2D eigenvalue weighted by Crippen LogP contribution is 2.24. The predicted molar refractivity (Wildman–Crippen MR) is 115 cm³/mol. The zero-order chi connectivity index (χ0) is 16.5. The SMILES string of the molecule is CN=C(NCC(C)SC)NCC(c1ccco1)N1CCCCC1.I. The van der Waals surface area contributed by atoms with Crippen molar-refractivity contribution in [2.75, 3.05) is 39.5 Å². The number of nitrogens with zero attached hydrogens (tertiary/aromatic N) is 2. The average molecular weight is 466 g/mol. The molecule has 0 aliphatic carbocycles. The van der Waals surface area contributed by atoms with Crippen molar-refractivity contribution in [3.8, 4) is 0 Å². The molecule has 2 N–H and O–H groups in total. The molecule has 1 aromatic heterocycles. The number of rotatable bonds is 7. The first-order valence-corrected chi connectivity index (χ1v) is 9.78. The van der Waals surface area contributed by atoms with Gasteiger partial charge in [-0.2, -0.15) is 11.8 Å². The summed E-state index contributed by atoms with van der Waals surface area (Å²) in [6.45, 7) is 6.21. The summed E-state index contributed by atoms with van der Waals surface area (Å²) in [4.78, 5) is 6.85. The number of halogens is 1. The average Bonchev–Trinajstić information content (AvgIpc) is 3.12. The Morgan fingerprint density at radius 2 is 2.00 bits per heavy atom. The van der Waals surface area contributed by atoms with Gasteiger partial charge in [-0.1, -0.05) is 13.3 Å². The molecular formula is C17H31IN4OS. The standard InChI is InChI=1S/C17H30N4OS.HI/c1-14(23-3)12-19-17(18-2)20-13-15(16-8-7-11-22-16)21-9-5-4-6-10-21;/h7-8,11,14-15H,4-6,9-10,12-13H2,1-3H3,(H2,18,19,20);1H. The first-order chi connectivity index (χ1) is 11.2. The van der Waals surface area contributed by atoms with Gasteiger partial charge >= 0.3 is 0 Å². The summed E-state index contributed by atoms with van der Waals surface area (Å²) in [5.74, 6) is 1.90.